The number of carbonyl (C=O) groups excluding carboxylic acids is 1. The van der Waals surface area contributed by atoms with Gasteiger partial charge in [0.1, 0.15) is 0 Å². The smallest absolute Gasteiger partial charge is 0.317 e. The molecule has 3 rings (SSSR count). The number of ether oxygens (including phenoxy) is 1. The number of morpholine rings is 1. The Morgan fingerprint density at radius 2 is 1.86 bits per heavy atom. The molecule has 0 aromatic heterocycles. The lowest BCUT2D eigenvalue weighted by Gasteiger charge is -2.35. The number of urea groups is 1. The van der Waals surface area contributed by atoms with Crippen LogP contribution in [0.1, 0.15) is 32.3 Å². The van der Waals surface area contributed by atoms with Gasteiger partial charge in [0.15, 0.2) is 0 Å². The molecule has 1 aromatic rings. The lowest BCUT2D eigenvalue weighted by molar-refractivity contribution is -0.0545. The molecule has 1 saturated heterocycles. The summed E-state index contributed by atoms with van der Waals surface area (Å²) in [5.41, 5.74) is 1.51. The molecule has 114 valence electrons. The SMILES string of the molecule is CC1CN(C(=O)NCC2(c3ccccc3)CC2)CC(C)O1. The van der Waals surface area contributed by atoms with Gasteiger partial charge in [-0.2, -0.15) is 0 Å². The molecule has 1 aromatic carbocycles. The zero-order valence-electron chi connectivity index (χ0n) is 12.8. The third-order valence-corrected chi connectivity index (χ3v) is 4.52. The van der Waals surface area contributed by atoms with Crippen molar-refractivity contribution in [3.63, 3.8) is 0 Å². The quantitative estimate of drug-likeness (QED) is 0.928. The second-order valence-corrected chi connectivity index (χ2v) is 6.47. The van der Waals surface area contributed by atoms with E-state index in [1.165, 1.54) is 5.56 Å². The van der Waals surface area contributed by atoms with E-state index in [1.807, 2.05) is 24.8 Å². The number of nitrogens with zero attached hydrogens (tertiary/aromatic N) is 1. The molecule has 4 nitrogen and oxygen atoms in total. The molecule has 1 saturated carbocycles. The van der Waals surface area contributed by atoms with Crippen LogP contribution >= 0.6 is 0 Å². The fraction of sp³-hybridized carbons (Fsp3) is 0.588. The monoisotopic (exact) mass is 288 g/mol. The first-order valence-corrected chi connectivity index (χ1v) is 7.83. The average Bonchev–Trinajstić information content (AvgIpc) is 3.26. The highest BCUT2D eigenvalue weighted by Gasteiger charge is 2.44. The number of carbonyl (C=O) groups is 1. The van der Waals surface area contributed by atoms with E-state index in [4.69, 9.17) is 4.74 Å². The third kappa shape index (κ3) is 3.21. The maximum atomic E-state index is 12.4. The van der Waals surface area contributed by atoms with E-state index in [0.29, 0.717) is 13.1 Å². The molecule has 2 unspecified atom stereocenters. The van der Waals surface area contributed by atoms with E-state index >= 15 is 0 Å². The van der Waals surface area contributed by atoms with E-state index < -0.39 is 0 Å². The van der Waals surface area contributed by atoms with Crippen LogP contribution in [0.15, 0.2) is 30.3 Å². The van der Waals surface area contributed by atoms with Gasteiger partial charge in [-0.05, 0) is 32.3 Å². The summed E-state index contributed by atoms with van der Waals surface area (Å²) in [6.45, 7) is 6.11. The Hall–Kier alpha value is -1.55. The first kappa shape index (κ1) is 14.4. The van der Waals surface area contributed by atoms with Crippen molar-refractivity contribution in [2.75, 3.05) is 19.6 Å². The van der Waals surface area contributed by atoms with Crippen LogP contribution in [0, 0.1) is 0 Å². The number of rotatable bonds is 3. The van der Waals surface area contributed by atoms with E-state index in [9.17, 15) is 4.79 Å². The number of benzene rings is 1. The Kier molecular flexibility index (Phi) is 3.89. The predicted octanol–water partition coefficient (Wildman–Crippen LogP) is 2.54. The van der Waals surface area contributed by atoms with Gasteiger partial charge in [-0.1, -0.05) is 30.3 Å². The highest BCUT2D eigenvalue weighted by molar-refractivity contribution is 5.74. The number of amides is 2. The predicted molar refractivity (Wildman–Crippen MR) is 82.3 cm³/mol. The van der Waals surface area contributed by atoms with Crippen molar-refractivity contribution in [2.45, 2.75) is 44.3 Å². The van der Waals surface area contributed by atoms with Gasteiger partial charge in [0.25, 0.3) is 0 Å². The molecule has 2 atom stereocenters. The Morgan fingerprint density at radius 3 is 2.43 bits per heavy atom. The molecule has 0 radical (unpaired) electrons. The molecule has 2 aliphatic rings. The van der Waals surface area contributed by atoms with E-state index in [1.54, 1.807) is 0 Å². The third-order valence-electron chi connectivity index (χ3n) is 4.52. The average molecular weight is 288 g/mol. The number of hydrogen-bond acceptors (Lipinski definition) is 2. The maximum absolute atomic E-state index is 12.4. The zero-order chi connectivity index (χ0) is 14.9. The van der Waals surface area contributed by atoms with Gasteiger partial charge in [-0.15, -0.1) is 0 Å². The molecule has 0 bridgehead atoms. The normalized spacial score (nSPS) is 27.2. The van der Waals surface area contributed by atoms with E-state index in [2.05, 4.69) is 29.6 Å². The Labute approximate surface area is 126 Å². The van der Waals surface area contributed by atoms with Crippen LogP contribution in [-0.4, -0.2) is 42.8 Å². The second-order valence-electron chi connectivity index (χ2n) is 6.47. The first-order valence-electron chi connectivity index (χ1n) is 7.83. The van der Waals surface area contributed by atoms with Crippen molar-refractivity contribution in [1.82, 2.24) is 10.2 Å². The summed E-state index contributed by atoms with van der Waals surface area (Å²) in [5, 5.41) is 3.13. The Morgan fingerprint density at radius 1 is 1.24 bits per heavy atom. The summed E-state index contributed by atoms with van der Waals surface area (Å²) < 4.78 is 5.67. The number of nitrogens with one attached hydrogen (secondary N) is 1. The van der Waals surface area contributed by atoms with Crippen molar-refractivity contribution in [2.24, 2.45) is 0 Å². The zero-order valence-corrected chi connectivity index (χ0v) is 12.8. The largest absolute Gasteiger partial charge is 0.372 e. The van der Waals surface area contributed by atoms with Gasteiger partial charge >= 0.3 is 6.03 Å². The molecular weight excluding hydrogens is 264 g/mol. The van der Waals surface area contributed by atoms with Crippen LogP contribution in [0.25, 0.3) is 0 Å². The van der Waals surface area contributed by atoms with Gasteiger partial charge in [0.05, 0.1) is 12.2 Å². The van der Waals surface area contributed by atoms with Crippen LogP contribution < -0.4 is 5.32 Å². The second kappa shape index (κ2) is 5.68. The molecule has 0 spiro atoms. The summed E-state index contributed by atoms with van der Waals surface area (Å²) in [6.07, 6.45) is 2.55. The topological polar surface area (TPSA) is 41.6 Å². The Bertz CT molecular complexity index is 489. The van der Waals surface area contributed by atoms with Gasteiger partial charge < -0.3 is 15.0 Å². The van der Waals surface area contributed by atoms with Crippen LogP contribution in [0.3, 0.4) is 0 Å². The molecule has 21 heavy (non-hydrogen) atoms. The summed E-state index contributed by atoms with van der Waals surface area (Å²) >= 11 is 0. The van der Waals surface area contributed by atoms with Gasteiger partial charge in [-0.3, -0.25) is 0 Å². The molecule has 1 N–H and O–H groups in total. The van der Waals surface area contributed by atoms with Crippen LogP contribution in [-0.2, 0) is 10.2 Å². The van der Waals surface area contributed by atoms with Crippen molar-refractivity contribution in [3.8, 4) is 0 Å². The van der Waals surface area contributed by atoms with Crippen molar-refractivity contribution in [1.29, 1.82) is 0 Å². The molecule has 4 heteroatoms. The lowest BCUT2D eigenvalue weighted by atomic mass is 9.96. The molecule has 2 fully saturated rings. The molecule has 1 aliphatic heterocycles. The van der Waals surface area contributed by atoms with Crippen LogP contribution in [0.4, 0.5) is 4.79 Å². The van der Waals surface area contributed by atoms with Crippen molar-refractivity contribution < 1.29 is 9.53 Å². The summed E-state index contributed by atoms with van der Waals surface area (Å²) in [4.78, 5) is 14.2. The van der Waals surface area contributed by atoms with Gasteiger partial charge in [0.2, 0.25) is 0 Å². The highest BCUT2D eigenvalue weighted by Crippen LogP contribution is 2.47. The van der Waals surface area contributed by atoms with Crippen LogP contribution in [0.2, 0.25) is 0 Å². The van der Waals surface area contributed by atoms with E-state index in [0.717, 1.165) is 19.4 Å². The molecule has 1 aliphatic carbocycles. The summed E-state index contributed by atoms with van der Waals surface area (Å²) in [7, 11) is 0. The van der Waals surface area contributed by atoms with Crippen molar-refractivity contribution >= 4 is 6.03 Å². The standard InChI is InChI=1S/C17H24N2O2/c1-13-10-19(11-14(2)21-13)16(20)18-12-17(8-9-17)15-6-4-3-5-7-15/h3-7,13-14H,8-12H2,1-2H3,(H,18,20). The molecule has 1 heterocycles. The summed E-state index contributed by atoms with van der Waals surface area (Å²) in [5.74, 6) is 0. The van der Waals surface area contributed by atoms with Crippen molar-refractivity contribution in [3.05, 3.63) is 35.9 Å². The van der Waals surface area contributed by atoms with Gasteiger partial charge in [0, 0.05) is 25.0 Å². The fourth-order valence-corrected chi connectivity index (χ4v) is 3.21. The molecule has 2 amide bonds. The minimum absolute atomic E-state index is 0.0409. The lowest BCUT2D eigenvalue weighted by Crippen LogP contribution is -2.52. The van der Waals surface area contributed by atoms with E-state index in [-0.39, 0.29) is 23.7 Å². The maximum Gasteiger partial charge on any atom is 0.317 e. The fourth-order valence-electron chi connectivity index (χ4n) is 3.21. The Balaban J connectivity index is 1.57. The minimum atomic E-state index is 0.0409. The van der Waals surface area contributed by atoms with Gasteiger partial charge in [-0.25, -0.2) is 4.79 Å². The highest BCUT2D eigenvalue weighted by atomic mass is 16.5. The van der Waals surface area contributed by atoms with Crippen LogP contribution in [0.5, 0.6) is 0 Å². The minimum Gasteiger partial charge on any atom is -0.372 e. The summed E-state index contributed by atoms with van der Waals surface area (Å²) in [6, 6.07) is 10.6. The molecular formula is C17H24N2O2. The number of hydrogen-bond donors (Lipinski definition) is 1. The first-order chi connectivity index (χ1) is 10.1.